The van der Waals surface area contributed by atoms with E-state index < -0.39 is 0 Å². The lowest BCUT2D eigenvalue weighted by molar-refractivity contribution is -0.671. The molecule has 0 aromatic carbocycles. The Morgan fingerprint density at radius 2 is 2.00 bits per heavy atom. The number of rotatable bonds is 2. The van der Waals surface area contributed by atoms with Gasteiger partial charge in [-0.05, 0) is 11.6 Å². The molecule has 0 N–H and O–H groups in total. The number of aryl methyl sites for hydroxylation is 1. The van der Waals surface area contributed by atoms with Gasteiger partial charge in [0.1, 0.15) is 13.3 Å². The molecular formula is C9H10NO+. The molecule has 0 aliphatic rings. The molecule has 1 heterocycles. The molecule has 1 aromatic heterocycles. The summed E-state index contributed by atoms with van der Waals surface area (Å²) in [5.74, 6) is 0. The third-order valence-electron chi connectivity index (χ3n) is 1.37. The van der Waals surface area contributed by atoms with Crippen molar-refractivity contribution in [1.29, 1.82) is 0 Å². The maximum absolute atomic E-state index is 9.95. The molecule has 1 rings (SSSR count). The van der Waals surface area contributed by atoms with Crippen molar-refractivity contribution in [3.05, 3.63) is 36.2 Å². The Morgan fingerprint density at radius 1 is 1.36 bits per heavy atom. The van der Waals surface area contributed by atoms with E-state index in [1.54, 1.807) is 6.08 Å². The van der Waals surface area contributed by atoms with Crippen molar-refractivity contribution in [2.75, 3.05) is 0 Å². The lowest BCUT2D eigenvalue weighted by atomic mass is 10.2. The van der Waals surface area contributed by atoms with Gasteiger partial charge >= 0.3 is 0 Å². The Morgan fingerprint density at radius 3 is 2.55 bits per heavy atom. The van der Waals surface area contributed by atoms with E-state index in [0.29, 0.717) is 0 Å². The van der Waals surface area contributed by atoms with Gasteiger partial charge in [0.15, 0.2) is 12.4 Å². The molecule has 2 nitrogen and oxygen atoms in total. The van der Waals surface area contributed by atoms with Crippen molar-refractivity contribution in [3.63, 3.8) is 0 Å². The summed E-state index contributed by atoms with van der Waals surface area (Å²) in [6.45, 7) is 0. The normalized spacial score (nSPS) is 10.3. The maximum Gasteiger partial charge on any atom is 0.169 e. The monoisotopic (exact) mass is 148 g/mol. The highest BCUT2D eigenvalue weighted by Crippen LogP contribution is 1.96. The topological polar surface area (TPSA) is 20.9 Å². The number of aromatic nitrogens is 1. The fourth-order valence-corrected chi connectivity index (χ4v) is 0.774. The van der Waals surface area contributed by atoms with Crippen molar-refractivity contribution < 1.29 is 9.36 Å². The van der Waals surface area contributed by atoms with Crippen LogP contribution in [0.5, 0.6) is 0 Å². The van der Waals surface area contributed by atoms with Gasteiger partial charge in [-0.2, -0.15) is 0 Å². The van der Waals surface area contributed by atoms with Crippen LogP contribution in [-0.2, 0) is 11.8 Å². The van der Waals surface area contributed by atoms with Crippen LogP contribution in [0, 0.1) is 0 Å². The quantitative estimate of drug-likeness (QED) is 0.344. The van der Waals surface area contributed by atoms with E-state index in [4.69, 9.17) is 0 Å². The number of carbonyl (C=O) groups excluding carboxylic acids is 1. The third-order valence-corrected chi connectivity index (χ3v) is 1.37. The van der Waals surface area contributed by atoms with Crippen LogP contribution in [0.2, 0.25) is 0 Å². The molecule has 11 heavy (non-hydrogen) atoms. The minimum Gasteiger partial charge on any atom is -0.299 e. The van der Waals surface area contributed by atoms with Crippen molar-refractivity contribution in [2.45, 2.75) is 0 Å². The largest absolute Gasteiger partial charge is 0.299 e. The molecule has 0 saturated carbocycles. The number of allylic oxidation sites excluding steroid dienone is 1. The van der Waals surface area contributed by atoms with Crippen molar-refractivity contribution >= 4 is 12.4 Å². The smallest absolute Gasteiger partial charge is 0.169 e. The summed E-state index contributed by atoms with van der Waals surface area (Å²) >= 11 is 0. The lowest BCUT2D eigenvalue weighted by Gasteiger charge is -1.87. The molecule has 0 spiro atoms. The van der Waals surface area contributed by atoms with Gasteiger partial charge < -0.3 is 0 Å². The molecule has 1 aromatic rings. The molecule has 0 unspecified atom stereocenters. The van der Waals surface area contributed by atoms with Gasteiger partial charge in [-0.1, -0.05) is 6.08 Å². The number of aldehydes is 1. The van der Waals surface area contributed by atoms with Crippen molar-refractivity contribution in [2.24, 2.45) is 7.05 Å². The van der Waals surface area contributed by atoms with E-state index in [2.05, 4.69) is 0 Å². The first-order chi connectivity index (χ1) is 5.33. The van der Waals surface area contributed by atoms with Crippen molar-refractivity contribution in [3.8, 4) is 0 Å². The average molecular weight is 148 g/mol. The Hall–Kier alpha value is -1.44. The molecule has 0 atom stereocenters. The van der Waals surface area contributed by atoms with E-state index in [-0.39, 0.29) is 0 Å². The highest BCUT2D eigenvalue weighted by atomic mass is 16.1. The second-order valence-electron chi connectivity index (χ2n) is 2.29. The first-order valence-corrected chi connectivity index (χ1v) is 3.40. The molecular weight excluding hydrogens is 138 g/mol. The van der Waals surface area contributed by atoms with Crippen LogP contribution in [0.3, 0.4) is 0 Å². The first kappa shape index (κ1) is 7.66. The van der Waals surface area contributed by atoms with Crippen LogP contribution in [0.15, 0.2) is 30.6 Å². The zero-order valence-electron chi connectivity index (χ0n) is 6.40. The predicted molar refractivity (Wildman–Crippen MR) is 42.7 cm³/mol. The standard InChI is InChI=1S/C9H10NO/c1-10-6-4-9(5-7-10)3-2-8-11/h2-8H,1H3/q+1/b3-2+. The predicted octanol–water partition coefficient (Wildman–Crippen LogP) is 0.723. The summed E-state index contributed by atoms with van der Waals surface area (Å²) in [4.78, 5) is 9.95. The van der Waals surface area contributed by atoms with Crippen LogP contribution in [0.1, 0.15) is 5.56 Å². The fraction of sp³-hybridized carbons (Fsp3) is 0.111. The zero-order chi connectivity index (χ0) is 8.10. The molecule has 0 aliphatic carbocycles. The molecule has 0 aliphatic heterocycles. The van der Waals surface area contributed by atoms with E-state index in [1.165, 1.54) is 6.08 Å². The van der Waals surface area contributed by atoms with Gasteiger partial charge in [-0.25, -0.2) is 4.57 Å². The van der Waals surface area contributed by atoms with Gasteiger partial charge in [-0.15, -0.1) is 0 Å². The number of carbonyl (C=O) groups is 1. The van der Waals surface area contributed by atoms with Crippen LogP contribution in [0.4, 0.5) is 0 Å². The number of hydrogen-bond donors (Lipinski definition) is 0. The molecule has 0 bridgehead atoms. The summed E-state index contributed by atoms with van der Waals surface area (Å²) in [5.41, 5.74) is 1.04. The Labute approximate surface area is 65.8 Å². The fourth-order valence-electron chi connectivity index (χ4n) is 0.774. The average Bonchev–Trinajstić information content (AvgIpc) is 2.04. The minimum atomic E-state index is 0.771. The third kappa shape index (κ3) is 2.34. The van der Waals surface area contributed by atoms with Gasteiger partial charge in [0.05, 0.1) is 0 Å². The van der Waals surface area contributed by atoms with E-state index in [1.807, 2.05) is 36.1 Å². The Balaban J connectivity index is 2.81. The molecule has 0 radical (unpaired) electrons. The zero-order valence-corrected chi connectivity index (χ0v) is 6.40. The number of hydrogen-bond acceptors (Lipinski definition) is 1. The molecule has 2 heteroatoms. The SMILES string of the molecule is C[n+]1ccc(/C=C/C=O)cc1. The number of pyridine rings is 1. The van der Waals surface area contributed by atoms with E-state index >= 15 is 0 Å². The molecule has 0 fully saturated rings. The van der Waals surface area contributed by atoms with Gasteiger partial charge in [0.2, 0.25) is 0 Å². The van der Waals surface area contributed by atoms with Crippen LogP contribution in [-0.4, -0.2) is 6.29 Å². The molecule has 0 amide bonds. The van der Waals surface area contributed by atoms with Gasteiger partial charge in [0.25, 0.3) is 0 Å². The van der Waals surface area contributed by atoms with E-state index in [9.17, 15) is 4.79 Å². The minimum absolute atomic E-state index is 0.771. The number of nitrogens with zero attached hydrogens (tertiary/aromatic N) is 1. The molecule has 0 saturated heterocycles. The van der Waals surface area contributed by atoms with Gasteiger partial charge in [-0.3, -0.25) is 4.79 Å². The summed E-state index contributed by atoms with van der Waals surface area (Å²) in [5, 5.41) is 0. The maximum atomic E-state index is 9.95. The second-order valence-corrected chi connectivity index (χ2v) is 2.29. The lowest BCUT2D eigenvalue weighted by Crippen LogP contribution is -2.25. The summed E-state index contributed by atoms with van der Waals surface area (Å²) in [7, 11) is 1.95. The highest BCUT2D eigenvalue weighted by Gasteiger charge is 1.89. The van der Waals surface area contributed by atoms with Crippen LogP contribution < -0.4 is 4.57 Å². The Bertz CT molecular complexity index is 261. The summed E-state index contributed by atoms with van der Waals surface area (Å²) in [6, 6.07) is 3.89. The second kappa shape index (κ2) is 3.66. The van der Waals surface area contributed by atoms with Crippen LogP contribution >= 0.6 is 0 Å². The van der Waals surface area contributed by atoms with Gasteiger partial charge in [0, 0.05) is 12.1 Å². The Kier molecular flexibility index (Phi) is 2.55. The van der Waals surface area contributed by atoms with E-state index in [0.717, 1.165) is 11.8 Å². The first-order valence-electron chi connectivity index (χ1n) is 3.40. The molecule has 56 valence electrons. The summed E-state index contributed by atoms with van der Waals surface area (Å²) in [6.07, 6.45) is 7.89. The van der Waals surface area contributed by atoms with Crippen molar-refractivity contribution in [1.82, 2.24) is 0 Å². The summed E-state index contributed by atoms with van der Waals surface area (Å²) < 4.78 is 1.94. The highest BCUT2D eigenvalue weighted by molar-refractivity contribution is 5.73. The van der Waals surface area contributed by atoms with Crippen LogP contribution in [0.25, 0.3) is 6.08 Å².